The van der Waals surface area contributed by atoms with Crippen molar-refractivity contribution in [1.29, 1.82) is 0 Å². The molecule has 0 heterocycles. The molecule has 226 valence electrons. The average Bonchev–Trinajstić information content (AvgIpc) is 3.60. The van der Waals surface area contributed by atoms with Crippen LogP contribution in [0.5, 0.6) is 11.5 Å². The first-order valence-electron chi connectivity index (χ1n) is 14.8. The Balaban J connectivity index is 1.28. The van der Waals surface area contributed by atoms with Gasteiger partial charge in [-0.25, -0.2) is 8.78 Å². The smallest absolute Gasteiger partial charge is 0.308 e. The van der Waals surface area contributed by atoms with Gasteiger partial charge in [0.15, 0.2) is 11.6 Å². The number of ether oxygens (including phenoxy) is 3. The summed E-state index contributed by atoms with van der Waals surface area (Å²) in [7, 11) is 1.36. The Kier molecular flexibility index (Phi) is 9.28. The normalized spacial score (nSPS) is 26.4. The maximum atomic E-state index is 15.0. The summed E-state index contributed by atoms with van der Waals surface area (Å²) in [6, 6.07) is 8.75. The van der Waals surface area contributed by atoms with Gasteiger partial charge in [-0.15, -0.1) is 0 Å². The van der Waals surface area contributed by atoms with Crippen molar-refractivity contribution in [3.63, 3.8) is 0 Å². The number of amides is 2. The molecule has 3 fully saturated rings. The molecule has 2 aromatic carbocycles. The van der Waals surface area contributed by atoms with Crippen molar-refractivity contribution in [2.75, 3.05) is 19.0 Å². The van der Waals surface area contributed by atoms with Crippen molar-refractivity contribution in [2.45, 2.75) is 70.7 Å². The SMILES string of the molecule is CCOC(=O)[C@H]1CC[C@@H](Oc2cc(C(=O)N[C@@H]3[C@H]4CC[C@H](C4)[C@@H]3C(=O)Nc3cccc(CF)c3)c(OC)cc2F)CC1. The summed E-state index contributed by atoms with van der Waals surface area (Å²) in [5, 5.41) is 5.96. The van der Waals surface area contributed by atoms with Gasteiger partial charge in [0.1, 0.15) is 12.4 Å². The lowest BCUT2D eigenvalue weighted by Crippen LogP contribution is -2.48. The number of halogens is 2. The van der Waals surface area contributed by atoms with E-state index in [4.69, 9.17) is 14.2 Å². The van der Waals surface area contributed by atoms with Crippen LogP contribution in [0.25, 0.3) is 0 Å². The largest absolute Gasteiger partial charge is 0.496 e. The number of carbonyl (C=O) groups excluding carboxylic acids is 3. The van der Waals surface area contributed by atoms with E-state index in [1.165, 1.54) is 13.2 Å². The molecule has 3 aliphatic rings. The van der Waals surface area contributed by atoms with Crippen LogP contribution < -0.4 is 20.1 Å². The zero-order valence-corrected chi connectivity index (χ0v) is 24.0. The number of nitrogens with one attached hydrogen (secondary N) is 2. The van der Waals surface area contributed by atoms with Gasteiger partial charge >= 0.3 is 5.97 Å². The Morgan fingerprint density at radius 1 is 0.976 bits per heavy atom. The second-order valence-corrected chi connectivity index (χ2v) is 11.5. The fourth-order valence-corrected chi connectivity index (χ4v) is 6.89. The minimum Gasteiger partial charge on any atom is -0.496 e. The topological polar surface area (TPSA) is 103 Å². The van der Waals surface area contributed by atoms with E-state index in [0.29, 0.717) is 43.5 Å². The summed E-state index contributed by atoms with van der Waals surface area (Å²) in [6.45, 7) is 1.48. The number of rotatable bonds is 10. The lowest BCUT2D eigenvalue weighted by Gasteiger charge is -2.31. The molecule has 8 nitrogen and oxygen atoms in total. The van der Waals surface area contributed by atoms with E-state index in [1.807, 2.05) is 0 Å². The zero-order chi connectivity index (χ0) is 29.8. The van der Waals surface area contributed by atoms with Gasteiger partial charge in [-0.3, -0.25) is 14.4 Å². The molecule has 42 heavy (non-hydrogen) atoms. The predicted octanol–water partition coefficient (Wildman–Crippen LogP) is 5.59. The standard InChI is InChI=1S/C32H38F2N2O6/c1-3-41-32(39)19-9-11-23(12-10-19)42-27-15-24(26(40-2)16-25(27)34)30(37)36-29-21-8-7-20(14-21)28(29)31(38)35-22-6-4-5-18(13-22)17-33/h4-6,13,15-16,19-21,23,28-29H,3,7-12,14,17H2,1-2H3,(H,35,38)(H,36,37)/t19-,20-,21+,23+,28+,29-/m1/s1. The Bertz CT molecular complexity index is 1310. The molecule has 0 saturated heterocycles. The first-order chi connectivity index (χ1) is 20.3. The van der Waals surface area contributed by atoms with Crippen LogP contribution in [0.15, 0.2) is 36.4 Å². The fraction of sp³-hybridized carbons (Fsp3) is 0.531. The van der Waals surface area contributed by atoms with Gasteiger partial charge in [-0.05, 0) is 87.5 Å². The number of hydrogen-bond donors (Lipinski definition) is 2. The molecule has 3 saturated carbocycles. The Morgan fingerprint density at radius 2 is 1.74 bits per heavy atom. The van der Waals surface area contributed by atoms with Crippen LogP contribution in [0.1, 0.15) is 67.8 Å². The quantitative estimate of drug-likeness (QED) is 0.353. The van der Waals surface area contributed by atoms with E-state index in [1.54, 1.807) is 31.2 Å². The van der Waals surface area contributed by atoms with E-state index in [9.17, 15) is 18.8 Å². The molecule has 0 unspecified atom stereocenters. The molecule has 2 N–H and O–H groups in total. The second kappa shape index (κ2) is 13.1. The van der Waals surface area contributed by atoms with Crippen LogP contribution in [0.3, 0.4) is 0 Å². The second-order valence-electron chi connectivity index (χ2n) is 11.5. The molecular formula is C32H38F2N2O6. The number of methoxy groups -OCH3 is 1. The van der Waals surface area contributed by atoms with Crippen molar-refractivity contribution in [3.05, 3.63) is 53.3 Å². The van der Waals surface area contributed by atoms with Crippen LogP contribution in [0.2, 0.25) is 0 Å². The van der Waals surface area contributed by atoms with Crippen molar-refractivity contribution < 1.29 is 37.4 Å². The van der Waals surface area contributed by atoms with Gasteiger partial charge in [0, 0.05) is 17.8 Å². The lowest BCUT2D eigenvalue weighted by atomic mass is 9.83. The van der Waals surface area contributed by atoms with Gasteiger partial charge in [0.2, 0.25) is 5.91 Å². The monoisotopic (exact) mass is 584 g/mol. The lowest BCUT2D eigenvalue weighted by molar-refractivity contribution is -0.149. The highest BCUT2D eigenvalue weighted by molar-refractivity contribution is 5.99. The molecule has 0 spiro atoms. The molecule has 4 atom stereocenters. The van der Waals surface area contributed by atoms with Crippen LogP contribution >= 0.6 is 0 Å². The molecule has 0 radical (unpaired) electrons. The summed E-state index contributed by atoms with van der Waals surface area (Å²) in [6.07, 6.45) is 4.62. The van der Waals surface area contributed by atoms with Gasteiger partial charge in [0.25, 0.3) is 5.91 Å². The first kappa shape index (κ1) is 29.8. The van der Waals surface area contributed by atoms with Crippen LogP contribution in [-0.2, 0) is 21.0 Å². The van der Waals surface area contributed by atoms with Crippen molar-refractivity contribution in [3.8, 4) is 11.5 Å². The van der Waals surface area contributed by atoms with Crippen molar-refractivity contribution in [1.82, 2.24) is 5.32 Å². The third-order valence-electron chi connectivity index (χ3n) is 8.95. The number of alkyl halides is 1. The fourth-order valence-electron chi connectivity index (χ4n) is 6.89. The number of anilines is 1. The molecule has 2 bridgehead atoms. The summed E-state index contributed by atoms with van der Waals surface area (Å²) in [5.41, 5.74) is 1.10. The Hall–Kier alpha value is -3.69. The third-order valence-corrected chi connectivity index (χ3v) is 8.95. The third kappa shape index (κ3) is 6.37. The van der Waals surface area contributed by atoms with Crippen molar-refractivity contribution in [2.24, 2.45) is 23.7 Å². The summed E-state index contributed by atoms with van der Waals surface area (Å²) >= 11 is 0. The van der Waals surface area contributed by atoms with E-state index >= 15 is 4.39 Å². The number of fused-ring (bicyclic) bond motifs is 2. The maximum absolute atomic E-state index is 15.0. The minimum atomic E-state index is -0.649. The van der Waals surface area contributed by atoms with Crippen LogP contribution in [0, 0.1) is 29.5 Å². The molecule has 5 rings (SSSR count). The minimum absolute atomic E-state index is 0.0597. The van der Waals surface area contributed by atoms with Gasteiger partial charge < -0.3 is 24.8 Å². The number of benzene rings is 2. The molecule has 3 aliphatic carbocycles. The average molecular weight is 585 g/mol. The molecule has 2 aromatic rings. The molecule has 0 aliphatic heterocycles. The van der Waals surface area contributed by atoms with E-state index in [-0.39, 0.29) is 52.8 Å². The van der Waals surface area contributed by atoms with Gasteiger partial charge in [-0.2, -0.15) is 0 Å². The Morgan fingerprint density at radius 3 is 2.45 bits per heavy atom. The highest BCUT2D eigenvalue weighted by Gasteiger charge is 2.51. The van der Waals surface area contributed by atoms with E-state index < -0.39 is 30.4 Å². The molecular weight excluding hydrogens is 546 g/mol. The number of carbonyl (C=O) groups is 3. The van der Waals surface area contributed by atoms with E-state index in [2.05, 4.69) is 10.6 Å². The summed E-state index contributed by atoms with van der Waals surface area (Å²) in [4.78, 5) is 39.1. The first-order valence-corrected chi connectivity index (χ1v) is 14.8. The van der Waals surface area contributed by atoms with E-state index in [0.717, 1.165) is 25.3 Å². The van der Waals surface area contributed by atoms with Crippen LogP contribution in [-0.4, -0.2) is 43.6 Å². The predicted molar refractivity (Wildman–Crippen MR) is 151 cm³/mol. The molecule has 2 amide bonds. The number of hydrogen-bond acceptors (Lipinski definition) is 6. The van der Waals surface area contributed by atoms with Gasteiger partial charge in [-0.1, -0.05) is 12.1 Å². The highest BCUT2D eigenvalue weighted by atomic mass is 19.1. The summed E-state index contributed by atoms with van der Waals surface area (Å²) < 4.78 is 44.6. The summed E-state index contributed by atoms with van der Waals surface area (Å²) in [5.74, 6) is -1.91. The maximum Gasteiger partial charge on any atom is 0.308 e. The van der Waals surface area contributed by atoms with Gasteiger partial charge in [0.05, 0.1) is 37.2 Å². The van der Waals surface area contributed by atoms with Crippen LogP contribution in [0.4, 0.5) is 14.5 Å². The molecule has 0 aromatic heterocycles. The number of esters is 1. The highest BCUT2D eigenvalue weighted by Crippen LogP contribution is 2.49. The Labute approximate surface area is 244 Å². The van der Waals surface area contributed by atoms with Crippen molar-refractivity contribution >= 4 is 23.5 Å². The molecule has 10 heteroatoms. The zero-order valence-electron chi connectivity index (χ0n) is 24.0.